The summed E-state index contributed by atoms with van der Waals surface area (Å²) < 4.78 is 25.8. The molecule has 0 heterocycles. The zero-order chi connectivity index (χ0) is 12.2. The normalized spacial score (nSPS) is 11.8. The molecule has 1 nitrogen and oxygen atoms in total. The Balaban J connectivity index is 2.89. The summed E-state index contributed by atoms with van der Waals surface area (Å²) in [6.45, 7) is 4.73. The average molecular weight is 227 g/mol. The lowest BCUT2D eigenvalue weighted by Gasteiger charge is -2.30. The van der Waals surface area contributed by atoms with Gasteiger partial charge in [0.25, 0.3) is 0 Å². The Kier molecular flexibility index (Phi) is 4.42. The predicted octanol–water partition coefficient (Wildman–Crippen LogP) is 3.27. The van der Waals surface area contributed by atoms with E-state index in [0.29, 0.717) is 13.0 Å². The molecule has 1 aromatic carbocycles. The maximum absolute atomic E-state index is 13.1. The molecule has 0 saturated carbocycles. The molecular formula is C13H19F2N. The smallest absolute Gasteiger partial charge is 0.159 e. The van der Waals surface area contributed by atoms with Crippen LogP contribution in [-0.2, 0) is 6.42 Å². The Labute approximate surface area is 95.7 Å². The highest BCUT2D eigenvalue weighted by Crippen LogP contribution is 2.30. The van der Waals surface area contributed by atoms with Gasteiger partial charge >= 0.3 is 0 Å². The summed E-state index contributed by atoms with van der Waals surface area (Å²) in [5, 5.41) is 0. The number of benzene rings is 1. The van der Waals surface area contributed by atoms with Gasteiger partial charge in [0.1, 0.15) is 0 Å². The van der Waals surface area contributed by atoms with Gasteiger partial charge in [0.05, 0.1) is 0 Å². The first kappa shape index (κ1) is 13.1. The van der Waals surface area contributed by atoms with Gasteiger partial charge in [0.2, 0.25) is 0 Å². The third kappa shape index (κ3) is 2.79. The van der Waals surface area contributed by atoms with Crippen molar-refractivity contribution in [3.8, 4) is 0 Å². The standard InChI is InChI=1S/C13H19F2N/c1-3-13(4-2,9-16)8-10-5-6-11(14)12(15)7-10/h5-7H,3-4,8-9,16H2,1-2H3. The summed E-state index contributed by atoms with van der Waals surface area (Å²) in [6.07, 6.45) is 2.59. The van der Waals surface area contributed by atoms with Crippen molar-refractivity contribution in [2.75, 3.05) is 6.54 Å². The Bertz CT molecular complexity index is 338. The monoisotopic (exact) mass is 227 g/mol. The Morgan fingerprint density at radius 1 is 1.12 bits per heavy atom. The van der Waals surface area contributed by atoms with Crippen LogP contribution in [0.1, 0.15) is 32.3 Å². The number of halogens is 2. The van der Waals surface area contributed by atoms with E-state index in [4.69, 9.17) is 5.73 Å². The molecule has 0 unspecified atom stereocenters. The van der Waals surface area contributed by atoms with Crippen LogP contribution in [0.4, 0.5) is 8.78 Å². The van der Waals surface area contributed by atoms with Gasteiger partial charge in [-0.3, -0.25) is 0 Å². The van der Waals surface area contributed by atoms with Crippen LogP contribution in [0, 0.1) is 17.0 Å². The number of hydrogen-bond donors (Lipinski definition) is 1. The van der Waals surface area contributed by atoms with Gasteiger partial charge in [-0.1, -0.05) is 19.9 Å². The van der Waals surface area contributed by atoms with E-state index < -0.39 is 11.6 Å². The highest BCUT2D eigenvalue weighted by Gasteiger charge is 2.24. The van der Waals surface area contributed by atoms with E-state index in [1.54, 1.807) is 6.07 Å². The second-order valence-corrected chi connectivity index (χ2v) is 4.34. The summed E-state index contributed by atoms with van der Waals surface area (Å²) in [5.41, 5.74) is 6.59. The second kappa shape index (κ2) is 5.39. The van der Waals surface area contributed by atoms with E-state index in [1.807, 2.05) is 0 Å². The van der Waals surface area contributed by atoms with Gasteiger partial charge in [-0.15, -0.1) is 0 Å². The molecule has 1 rings (SSSR count). The number of hydrogen-bond acceptors (Lipinski definition) is 1. The van der Waals surface area contributed by atoms with Gasteiger partial charge < -0.3 is 5.73 Å². The van der Waals surface area contributed by atoms with Crippen LogP contribution >= 0.6 is 0 Å². The van der Waals surface area contributed by atoms with E-state index in [1.165, 1.54) is 12.1 Å². The largest absolute Gasteiger partial charge is 0.330 e. The lowest BCUT2D eigenvalue weighted by molar-refractivity contribution is 0.270. The summed E-state index contributed by atoms with van der Waals surface area (Å²) >= 11 is 0. The van der Waals surface area contributed by atoms with E-state index in [2.05, 4.69) is 13.8 Å². The van der Waals surface area contributed by atoms with E-state index in [-0.39, 0.29) is 5.41 Å². The SMILES string of the molecule is CCC(CC)(CN)Cc1ccc(F)c(F)c1. The van der Waals surface area contributed by atoms with E-state index in [0.717, 1.165) is 18.4 Å². The lowest BCUT2D eigenvalue weighted by Crippen LogP contribution is -2.31. The molecule has 16 heavy (non-hydrogen) atoms. The molecule has 0 spiro atoms. The molecule has 0 aliphatic carbocycles. The molecule has 0 bridgehead atoms. The van der Waals surface area contributed by atoms with Crippen LogP contribution < -0.4 is 5.73 Å². The molecule has 2 N–H and O–H groups in total. The molecule has 0 amide bonds. The fourth-order valence-electron chi connectivity index (χ4n) is 1.94. The van der Waals surface area contributed by atoms with Gasteiger partial charge in [-0.25, -0.2) is 8.78 Å². The number of nitrogens with two attached hydrogens (primary N) is 1. The van der Waals surface area contributed by atoms with Crippen molar-refractivity contribution in [2.24, 2.45) is 11.1 Å². The molecule has 3 heteroatoms. The van der Waals surface area contributed by atoms with Crippen LogP contribution in [0.3, 0.4) is 0 Å². The van der Waals surface area contributed by atoms with Crippen molar-refractivity contribution in [3.63, 3.8) is 0 Å². The third-order valence-electron chi connectivity index (χ3n) is 3.50. The van der Waals surface area contributed by atoms with Crippen molar-refractivity contribution >= 4 is 0 Å². The molecule has 0 fully saturated rings. The van der Waals surface area contributed by atoms with Crippen LogP contribution in [0.25, 0.3) is 0 Å². The highest BCUT2D eigenvalue weighted by atomic mass is 19.2. The zero-order valence-electron chi connectivity index (χ0n) is 9.89. The quantitative estimate of drug-likeness (QED) is 0.820. The van der Waals surface area contributed by atoms with E-state index in [9.17, 15) is 8.78 Å². The molecule has 0 atom stereocenters. The van der Waals surface area contributed by atoms with E-state index >= 15 is 0 Å². The van der Waals surface area contributed by atoms with Crippen molar-refractivity contribution in [3.05, 3.63) is 35.4 Å². The van der Waals surface area contributed by atoms with Crippen molar-refractivity contribution in [1.29, 1.82) is 0 Å². The Hall–Kier alpha value is -0.960. The van der Waals surface area contributed by atoms with Gasteiger partial charge in [0.15, 0.2) is 11.6 Å². The summed E-state index contributed by atoms with van der Waals surface area (Å²) in [7, 11) is 0. The third-order valence-corrected chi connectivity index (χ3v) is 3.50. The first-order chi connectivity index (χ1) is 7.56. The summed E-state index contributed by atoms with van der Waals surface area (Å²) in [5.74, 6) is -1.58. The molecule has 1 aromatic rings. The topological polar surface area (TPSA) is 26.0 Å². The molecule has 0 aromatic heterocycles. The maximum Gasteiger partial charge on any atom is 0.159 e. The molecule has 0 aliphatic heterocycles. The molecule has 0 radical (unpaired) electrons. The molecule has 90 valence electrons. The zero-order valence-corrected chi connectivity index (χ0v) is 9.89. The van der Waals surface area contributed by atoms with Crippen LogP contribution in [0.15, 0.2) is 18.2 Å². The van der Waals surface area contributed by atoms with Gasteiger partial charge in [-0.2, -0.15) is 0 Å². The fourth-order valence-corrected chi connectivity index (χ4v) is 1.94. The fraction of sp³-hybridized carbons (Fsp3) is 0.538. The van der Waals surface area contributed by atoms with Gasteiger partial charge in [-0.05, 0) is 48.9 Å². The lowest BCUT2D eigenvalue weighted by atomic mass is 9.77. The first-order valence-corrected chi connectivity index (χ1v) is 5.71. The van der Waals surface area contributed by atoms with Crippen LogP contribution in [0.2, 0.25) is 0 Å². The number of rotatable bonds is 5. The minimum absolute atomic E-state index is 0.00424. The average Bonchev–Trinajstić information content (AvgIpc) is 2.31. The maximum atomic E-state index is 13.1. The summed E-state index contributed by atoms with van der Waals surface area (Å²) in [6, 6.07) is 4.08. The molecule has 0 saturated heterocycles. The summed E-state index contributed by atoms with van der Waals surface area (Å²) in [4.78, 5) is 0. The van der Waals surface area contributed by atoms with Crippen LogP contribution in [-0.4, -0.2) is 6.54 Å². The highest BCUT2D eigenvalue weighted by molar-refractivity contribution is 5.19. The van der Waals surface area contributed by atoms with Crippen molar-refractivity contribution in [1.82, 2.24) is 0 Å². The van der Waals surface area contributed by atoms with Crippen molar-refractivity contribution in [2.45, 2.75) is 33.1 Å². The molecule has 0 aliphatic rings. The second-order valence-electron chi connectivity index (χ2n) is 4.34. The van der Waals surface area contributed by atoms with Gasteiger partial charge in [0, 0.05) is 0 Å². The Morgan fingerprint density at radius 3 is 2.19 bits per heavy atom. The predicted molar refractivity (Wildman–Crippen MR) is 62.1 cm³/mol. The molecular weight excluding hydrogens is 208 g/mol. The minimum atomic E-state index is -0.796. The first-order valence-electron chi connectivity index (χ1n) is 5.71. The minimum Gasteiger partial charge on any atom is -0.330 e. The van der Waals surface area contributed by atoms with Crippen molar-refractivity contribution < 1.29 is 8.78 Å². The Morgan fingerprint density at radius 2 is 1.75 bits per heavy atom. The van der Waals surface area contributed by atoms with Crippen LogP contribution in [0.5, 0.6) is 0 Å².